The van der Waals surface area contributed by atoms with Gasteiger partial charge in [0.25, 0.3) is 0 Å². The van der Waals surface area contributed by atoms with Crippen LogP contribution in [-0.2, 0) is 11.3 Å². The number of rotatable bonds is 0. The van der Waals surface area contributed by atoms with Crippen LogP contribution in [0.1, 0.15) is 11.1 Å². The number of aryl methyl sites for hydroxylation is 1. The van der Waals surface area contributed by atoms with Crippen LogP contribution < -0.4 is 5.46 Å². The van der Waals surface area contributed by atoms with Gasteiger partial charge in [0.15, 0.2) is 0 Å². The first-order valence-corrected chi connectivity index (χ1v) is 3.77. The zero-order valence-corrected chi connectivity index (χ0v) is 6.67. The fraction of sp³-hybridized carbons (Fsp3) is 0.250. The SMILES string of the molecule is Cc1cc(F)c2c(c1)B(O)OC2. The number of hydrogen-bond acceptors (Lipinski definition) is 2. The first-order chi connectivity index (χ1) is 5.68. The maximum atomic E-state index is 13.1. The molecule has 1 aliphatic rings. The third kappa shape index (κ3) is 1.04. The molecule has 0 unspecified atom stereocenters. The Morgan fingerprint density at radius 1 is 1.58 bits per heavy atom. The normalized spacial score (nSPS) is 15.1. The summed E-state index contributed by atoms with van der Waals surface area (Å²) in [6.07, 6.45) is 0. The molecule has 2 rings (SSSR count). The Morgan fingerprint density at radius 2 is 2.33 bits per heavy atom. The van der Waals surface area contributed by atoms with Crippen LogP contribution in [0.15, 0.2) is 12.1 Å². The number of fused-ring (bicyclic) bond motifs is 1. The molecule has 0 saturated carbocycles. The Bertz CT molecular complexity index is 327. The largest absolute Gasteiger partial charge is 0.491 e. The zero-order chi connectivity index (χ0) is 8.72. The number of hydrogen-bond donors (Lipinski definition) is 1. The smallest absolute Gasteiger partial charge is 0.423 e. The fourth-order valence-corrected chi connectivity index (χ4v) is 1.42. The Hall–Kier alpha value is -0.865. The summed E-state index contributed by atoms with van der Waals surface area (Å²) in [5.41, 5.74) is 1.84. The topological polar surface area (TPSA) is 29.5 Å². The van der Waals surface area contributed by atoms with Gasteiger partial charge in [-0.05, 0) is 24.0 Å². The average molecular weight is 166 g/mol. The van der Waals surface area contributed by atoms with Crippen molar-refractivity contribution in [3.63, 3.8) is 0 Å². The van der Waals surface area contributed by atoms with Gasteiger partial charge in [0.1, 0.15) is 5.82 Å². The van der Waals surface area contributed by atoms with Crippen LogP contribution in [0.5, 0.6) is 0 Å². The van der Waals surface area contributed by atoms with Crippen molar-refractivity contribution in [3.05, 3.63) is 29.1 Å². The molecule has 1 aliphatic heterocycles. The average Bonchev–Trinajstić information content (AvgIpc) is 2.33. The lowest BCUT2D eigenvalue weighted by molar-refractivity contribution is 0.272. The van der Waals surface area contributed by atoms with Crippen molar-refractivity contribution >= 4 is 12.6 Å². The molecule has 1 N–H and O–H groups in total. The van der Waals surface area contributed by atoms with Crippen molar-refractivity contribution < 1.29 is 14.1 Å². The Labute approximate surface area is 70.1 Å². The second-order valence-corrected chi connectivity index (χ2v) is 2.98. The van der Waals surface area contributed by atoms with Gasteiger partial charge in [-0.2, -0.15) is 0 Å². The van der Waals surface area contributed by atoms with Crippen molar-refractivity contribution in [1.29, 1.82) is 0 Å². The van der Waals surface area contributed by atoms with E-state index in [0.29, 0.717) is 11.0 Å². The van der Waals surface area contributed by atoms with Crippen molar-refractivity contribution in [2.24, 2.45) is 0 Å². The highest BCUT2D eigenvalue weighted by molar-refractivity contribution is 6.61. The van der Waals surface area contributed by atoms with Crippen LogP contribution in [0, 0.1) is 12.7 Å². The van der Waals surface area contributed by atoms with E-state index in [9.17, 15) is 9.41 Å². The maximum absolute atomic E-state index is 13.1. The van der Waals surface area contributed by atoms with E-state index in [1.54, 1.807) is 13.0 Å². The number of benzene rings is 1. The van der Waals surface area contributed by atoms with Gasteiger partial charge in [-0.3, -0.25) is 0 Å². The second-order valence-electron chi connectivity index (χ2n) is 2.98. The molecule has 0 saturated heterocycles. The van der Waals surface area contributed by atoms with E-state index in [1.807, 2.05) is 0 Å². The van der Waals surface area contributed by atoms with E-state index in [4.69, 9.17) is 4.65 Å². The zero-order valence-electron chi connectivity index (χ0n) is 6.67. The first-order valence-electron chi connectivity index (χ1n) is 3.77. The van der Waals surface area contributed by atoms with Gasteiger partial charge < -0.3 is 9.68 Å². The summed E-state index contributed by atoms with van der Waals surface area (Å²) in [6, 6.07) is 3.19. The summed E-state index contributed by atoms with van der Waals surface area (Å²) in [6.45, 7) is 1.96. The minimum Gasteiger partial charge on any atom is -0.423 e. The molecule has 1 heterocycles. The molecule has 0 spiro atoms. The van der Waals surface area contributed by atoms with E-state index in [0.717, 1.165) is 5.56 Å². The lowest BCUT2D eigenvalue weighted by Gasteiger charge is -2.00. The van der Waals surface area contributed by atoms with Crippen molar-refractivity contribution in [3.8, 4) is 0 Å². The van der Waals surface area contributed by atoms with E-state index < -0.39 is 7.12 Å². The highest BCUT2D eigenvalue weighted by Gasteiger charge is 2.29. The van der Waals surface area contributed by atoms with E-state index >= 15 is 0 Å². The lowest BCUT2D eigenvalue weighted by Crippen LogP contribution is -2.28. The van der Waals surface area contributed by atoms with E-state index in [-0.39, 0.29) is 12.4 Å². The molecular weight excluding hydrogens is 158 g/mol. The number of halogens is 1. The van der Waals surface area contributed by atoms with Crippen LogP contribution in [-0.4, -0.2) is 12.1 Å². The first kappa shape index (κ1) is 7.77. The standard InChI is InChI=1S/C8H8BFO2/c1-5-2-7-6(8(10)3-5)4-12-9(7)11/h2-3,11H,4H2,1H3. The van der Waals surface area contributed by atoms with Crippen molar-refractivity contribution in [2.45, 2.75) is 13.5 Å². The van der Waals surface area contributed by atoms with Gasteiger partial charge in [0.2, 0.25) is 0 Å². The second kappa shape index (κ2) is 2.57. The molecule has 1 aromatic rings. The molecule has 0 atom stereocenters. The summed E-state index contributed by atoms with van der Waals surface area (Å²) < 4.78 is 18.0. The van der Waals surface area contributed by atoms with Gasteiger partial charge >= 0.3 is 7.12 Å². The molecule has 0 fully saturated rings. The molecule has 62 valence electrons. The Balaban J connectivity index is 2.60. The van der Waals surface area contributed by atoms with Gasteiger partial charge in [-0.15, -0.1) is 0 Å². The highest BCUT2D eigenvalue weighted by atomic mass is 19.1. The predicted molar refractivity (Wildman–Crippen MR) is 43.5 cm³/mol. The molecule has 4 heteroatoms. The minimum atomic E-state index is -0.950. The van der Waals surface area contributed by atoms with Crippen LogP contribution in [0.3, 0.4) is 0 Å². The molecule has 12 heavy (non-hydrogen) atoms. The molecule has 0 aromatic heterocycles. The maximum Gasteiger partial charge on any atom is 0.491 e. The van der Waals surface area contributed by atoms with Crippen LogP contribution >= 0.6 is 0 Å². The van der Waals surface area contributed by atoms with Gasteiger partial charge in [-0.1, -0.05) is 6.07 Å². The molecule has 0 radical (unpaired) electrons. The van der Waals surface area contributed by atoms with E-state index in [2.05, 4.69) is 0 Å². The molecule has 0 amide bonds. The van der Waals surface area contributed by atoms with Crippen LogP contribution in [0.4, 0.5) is 4.39 Å². The Morgan fingerprint density at radius 3 is 3.08 bits per heavy atom. The summed E-state index contributed by atoms with van der Waals surface area (Å²) >= 11 is 0. The lowest BCUT2D eigenvalue weighted by atomic mass is 9.79. The van der Waals surface area contributed by atoms with Crippen LogP contribution in [0.25, 0.3) is 0 Å². The highest BCUT2D eigenvalue weighted by Crippen LogP contribution is 2.15. The van der Waals surface area contributed by atoms with Gasteiger partial charge in [0, 0.05) is 5.56 Å². The molecule has 0 bridgehead atoms. The van der Waals surface area contributed by atoms with Gasteiger partial charge in [-0.25, -0.2) is 4.39 Å². The predicted octanol–water partition coefficient (Wildman–Crippen LogP) is 0.352. The van der Waals surface area contributed by atoms with Gasteiger partial charge in [0.05, 0.1) is 6.61 Å². The summed E-state index contributed by atoms with van der Waals surface area (Å²) in [5.74, 6) is -0.290. The molecule has 1 aromatic carbocycles. The third-order valence-corrected chi connectivity index (χ3v) is 2.03. The summed E-state index contributed by atoms with van der Waals surface area (Å²) in [7, 11) is -0.950. The molecule has 2 nitrogen and oxygen atoms in total. The molecular formula is C8H8BFO2. The quantitative estimate of drug-likeness (QED) is 0.563. The monoisotopic (exact) mass is 166 g/mol. The van der Waals surface area contributed by atoms with Crippen molar-refractivity contribution in [2.75, 3.05) is 0 Å². The Kier molecular flexibility index (Phi) is 1.66. The van der Waals surface area contributed by atoms with Crippen LogP contribution in [0.2, 0.25) is 0 Å². The third-order valence-electron chi connectivity index (χ3n) is 2.03. The minimum absolute atomic E-state index is 0.169. The van der Waals surface area contributed by atoms with Crippen molar-refractivity contribution in [1.82, 2.24) is 0 Å². The fourth-order valence-electron chi connectivity index (χ4n) is 1.42. The molecule has 0 aliphatic carbocycles. The van der Waals surface area contributed by atoms with E-state index in [1.165, 1.54) is 6.07 Å². The summed E-state index contributed by atoms with van der Waals surface area (Å²) in [4.78, 5) is 0. The summed E-state index contributed by atoms with van der Waals surface area (Å²) in [5, 5.41) is 9.24.